The molecule has 2 aromatic rings. The number of aryl methyl sites for hydroxylation is 1. The standard InChI is InChI=1S/C16H20N3S/c1-13-7-5-6-8-15(13)17-16(20-4)19-11-9-14(10-12-19)18(2)3/h5-12H,1-4H3/q+1. The summed E-state index contributed by atoms with van der Waals surface area (Å²) < 4.78 is 2.05. The van der Waals surface area contributed by atoms with Crippen molar-refractivity contribution < 1.29 is 4.57 Å². The van der Waals surface area contributed by atoms with Gasteiger partial charge >= 0.3 is 5.17 Å². The Balaban J connectivity index is 2.35. The summed E-state index contributed by atoms with van der Waals surface area (Å²) in [5, 5.41) is 0.963. The molecule has 1 aromatic heterocycles. The molecule has 0 atom stereocenters. The van der Waals surface area contributed by atoms with Crippen LogP contribution in [0.2, 0.25) is 0 Å². The molecule has 0 fully saturated rings. The van der Waals surface area contributed by atoms with Crippen LogP contribution in [0.5, 0.6) is 0 Å². The highest BCUT2D eigenvalue weighted by Crippen LogP contribution is 2.18. The van der Waals surface area contributed by atoms with E-state index in [2.05, 4.69) is 30.0 Å². The van der Waals surface area contributed by atoms with Crippen LogP contribution in [0.3, 0.4) is 0 Å². The minimum absolute atomic E-state index is 0.963. The first-order valence-corrected chi connectivity index (χ1v) is 7.71. The molecule has 0 unspecified atom stereocenters. The van der Waals surface area contributed by atoms with Gasteiger partial charge in [-0.15, -0.1) is 0 Å². The van der Waals surface area contributed by atoms with Crippen LogP contribution in [0.15, 0.2) is 53.8 Å². The van der Waals surface area contributed by atoms with Gasteiger partial charge in [0.05, 0.1) is 12.4 Å². The second kappa shape index (κ2) is 6.57. The fraction of sp³-hybridized carbons (Fsp3) is 0.250. The van der Waals surface area contributed by atoms with Gasteiger partial charge in [-0.1, -0.05) is 18.2 Å². The zero-order valence-electron chi connectivity index (χ0n) is 12.4. The number of hydrogen-bond acceptors (Lipinski definition) is 3. The normalized spacial score (nSPS) is 11.5. The number of para-hydroxylation sites is 1. The Morgan fingerprint density at radius 2 is 1.75 bits per heavy atom. The van der Waals surface area contributed by atoms with E-state index in [0.717, 1.165) is 10.9 Å². The molecule has 0 bridgehead atoms. The Hall–Kier alpha value is -1.81. The van der Waals surface area contributed by atoms with Crippen LogP contribution in [0, 0.1) is 6.92 Å². The maximum absolute atomic E-state index is 4.75. The number of aliphatic imine (C=N–C) groups is 1. The summed E-state index contributed by atoms with van der Waals surface area (Å²) in [6.07, 6.45) is 6.13. The van der Waals surface area contributed by atoms with Gasteiger partial charge in [0.1, 0.15) is 0 Å². The van der Waals surface area contributed by atoms with Crippen LogP contribution in [0.4, 0.5) is 11.4 Å². The average molecular weight is 286 g/mol. The third kappa shape index (κ3) is 3.39. The molecule has 0 aliphatic heterocycles. The Morgan fingerprint density at radius 3 is 2.30 bits per heavy atom. The molecule has 0 N–H and O–H groups in total. The predicted octanol–water partition coefficient (Wildman–Crippen LogP) is 3.25. The van der Waals surface area contributed by atoms with Crippen molar-refractivity contribution in [3.8, 4) is 0 Å². The first-order valence-electron chi connectivity index (χ1n) is 6.49. The molecule has 0 aliphatic carbocycles. The van der Waals surface area contributed by atoms with E-state index in [9.17, 15) is 0 Å². The molecule has 1 aromatic carbocycles. The number of pyridine rings is 1. The van der Waals surface area contributed by atoms with Crippen molar-refractivity contribution in [2.45, 2.75) is 6.92 Å². The molecule has 0 saturated carbocycles. The highest BCUT2D eigenvalue weighted by atomic mass is 32.2. The predicted molar refractivity (Wildman–Crippen MR) is 88.2 cm³/mol. The maximum Gasteiger partial charge on any atom is 0.364 e. The van der Waals surface area contributed by atoms with Crippen LogP contribution < -0.4 is 9.47 Å². The first-order chi connectivity index (χ1) is 9.61. The maximum atomic E-state index is 4.75. The van der Waals surface area contributed by atoms with E-state index in [1.165, 1.54) is 11.3 Å². The number of anilines is 1. The van der Waals surface area contributed by atoms with E-state index in [0.29, 0.717) is 0 Å². The Morgan fingerprint density at radius 1 is 1.10 bits per heavy atom. The van der Waals surface area contributed by atoms with Crippen molar-refractivity contribution in [1.29, 1.82) is 0 Å². The Labute approximate surface area is 125 Å². The quantitative estimate of drug-likeness (QED) is 0.479. The molecule has 2 rings (SSSR count). The van der Waals surface area contributed by atoms with Crippen LogP contribution in [-0.2, 0) is 0 Å². The molecule has 104 valence electrons. The van der Waals surface area contributed by atoms with Crippen LogP contribution in [0.25, 0.3) is 0 Å². The van der Waals surface area contributed by atoms with E-state index in [1.807, 2.05) is 55.5 Å². The molecule has 0 aliphatic rings. The molecular formula is C16H20N3S+. The topological polar surface area (TPSA) is 19.5 Å². The lowest BCUT2D eigenvalue weighted by Gasteiger charge is -2.11. The second-order valence-electron chi connectivity index (χ2n) is 4.74. The third-order valence-electron chi connectivity index (χ3n) is 3.06. The monoisotopic (exact) mass is 286 g/mol. The average Bonchev–Trinajstić information content (AvgIpc) is 2.46. The minimum atomic E-state index is 0.963. The summed E-state index contributed by atoms with van der Waals surface area (Å²) >= 11 is 1.64. The Kier molecular flexibility index (Phi) is 4.79. The summed E-state index contributed by atoms with van der Waals surface area (Å²) in [5.41, 5.74) is 3.38. The zero-order valence-corrected chi connectivity index (χ0v) is 13.2. The van der Waals surface area contributed by atoms with Gasteiger partial charge in [0.25, 0.3) is 0 Å². The number of aromatic nitrogens is 1. The van der Waals surface area contributed by atoms with Crippen LogP contribution >= 0.6 is 11.8 Å². The van der Waals surface area contributed by atoms with Gasteiger partial charge in [0.2, 0.25) is 0 Å². The van der Waals surface area contributed by atoms with Gasteiger partial charge in [-0.05, 0) is 36.0 Å². The van der Waals surface area contributed by atoms with Crippen molar-refractivity contribution in [3.63, 3.8) is 0 Å². The zero-order chi connectivity index (χ0) is 14.5. The van der Waals surface area contributed by atoms with Crippen molar-refractivity contribution in [2.24, 2.45) is 4.99 Å². The van der Waals surface area contributed by atoms with Gasteiger partial charge in [-0.25, -0.2) is 0 Å². The van der Waals surface area contributed by atoms with Gasteiger partial charge < -0.3 is 4.90 Å². The van der Waals surface area contributed by atoms with Crippen molar-refractivity contribution in [3.05, 3.63) is 54.4 Å². The smallest absolute Gasteiger partial charge is 0.364 e. The lowest BCUT2D eigenvalue weighted by atomic mass is 10.2. The summed E-state index contributed by atoms with van der Waals surface area (Å²) in [4.78, 5) is 6.84. The van der Waals surface area contributed by atoms with Crippen LogP contribution in [0.1, 0.15) is 5.56 Å². The van der Waals surface area contributed by atoms with E-state index >= 15 is 0 Å². The van der Waals surface area contributed by atoms with Gasteiger partial charge in [-0.2, -0.15) is 4.57 Å². The Bertz CT molecular complexity index is 603. The van der Waals surface area contributed by atoms with Crippen molar-refractivity contribution in [2.75, 3.05) is 25.3 Å². The lowest BCUT2D eigenvalue weighted by Crippen LogP contribution is -2.39. The highest BCUT2D eigenvalue weighted by molar-refractivity contribution is 8.12. The van der Waals surface area contributed by atoms with E-state index in [4.69, 9.17) is 4.99 Å². The highest BCUT2D eigenvalue weighted by Gasteiger charge is 2.13. The summed E-state index contributed by atoms with van der Waals surface area (Å²) in [5.74, 6) is 0. The molecule has 0 spiro atoms. The minimum Gasteiger partial charge on any atom is -0.377 e. The fourth-order valence-corrected chi connectivity index (χ4v) is 2.37. The number of benzene rings is 1. The lowest BCUT2D eigenvalue weighted by molar-refractivity contribution is -0.549. The summed E-state index contributed by atoms with van der Waals surface area (Å²) in [6.45, 7) is 2.08. The molecule has 0 amide bonds. The van der Waals surface area contributed by atoms with Gasteiger partial charge in [0, 0.05) is 37.5 Å². The molecular weight excluding hydrogens is 266 g/mol. The third-order valence-corrected chi connectivity index (χ3v) is 3.73. The number of thioether (sulfide) groups is 1. The first kappa shape index (κ1) is 14.6. The second-order valence-corrected chi connectivity index (χ2v) is 5.52. The summed E-state index contributed by atoms with van der Waals surface area (Å²) in [6, 6.07) is 12.3. The van der Waals surface area contributed by atoms with E-state index < -0.39 is 0 Å². The largest absolute Gasteiger partial charge is 0.377 e. The van der Waals surface area contributed by atoms with E-state index in [-0.39, 0.29) is 0 Å². The summed E-state index contributed by atoms with van der Waals surface area (Å²) in [7, 11) is 4.08. The van der Waals surface area contributed by atoms with Crippen molar-refractivity contribution >= 4 is 28.3 Å². The van der Waals surface area contributed by atoms with Gasteiger partial charge in [-0.3, -0.25) is 0 Å². The van der Waals surface area contributed by atoms with E-state index in [1.54, 1.807) is 11.8 Å². The molecule has 3 nitrogen and oxygen atoms in total. The molecule has 1 heterocycles. The number of hydrogen-bond donors (Lipinski definition) is 0. The molecule has 0 radical (unpaired) electrons. The fourth-order valence-electron chi connectivity index (χ4n) is 1.84. The SMILES string of the molecule is CSC(=Nc1ccccc1C)[n+]1ccc(N(C)C)cc1. The van der Waals surface area contributed by atoms with Crippen LogP contribution in [-0.4, -0.2) is 25.5 Å². The number of rotatable bonds is 2. The number of nitrogens with zero attached hydrogens (tertiary/aromatic N) is 3. The van der Waals surface area contributed by atoms with Crippen molar-refractivity contribution in [1.82, 2.24) is 0 Å². The van der Waals surface area contributed by atoms with Gasteiger partial charge in [0.15, 0.2) is 5.69 Å². The molecule has 4 heteroatoms. The molecule has 0 saturated heterocycles. The molecule has 20 heavy (non-hydrogen) atoms.